The molecule has 1 aliphatic heterocycles. The number of hydrogen-bond donors (Lipinski definition) is 1. The Kier molecular flexibility index (Phi) is 5.55. The van der Waals surface area contributed by atoms with Crippen LogP contribution in [0.2, 0.25) is 0 Å². The monoisotopic (exact) mass is 343 g/mol. The van der Waals surface area contributed by atoms with Gasteiger partial charge in [0.1, 0.15) is 5.82 Å². The van der Waals surface area contributed by atoms with Crippen molar-refractivity contribution in [3.63, 3.8) is 0 Å². The first-order valence-electron chi connectivity index (χ1n) is 7.20. The van der Waals surface area contributed by atoms with Gasteiger partial charge < -0.3 is 5.73 Å². The summed E-state index contributed by atoms with van der Waals surface area (Å²) >= 11 is 3.20. The van der Waals surface area contributed by atoms with Gasteiger partial charge in [0, 0.05) is 38.3 Å². The van der Waals surface area contributed by atoms with E-state index in [4.69, 9.17) is 5.73 Å². The van der Waals surface area contributed by atoms with Crippen molar-refractivity contribution in [3.8, 4) is 0 Å². The highest BCUT2D eigenvalue weighted by molar-refractivity contribution is 9.10. The van der Waals surface area contributed by atoms with E-state index in [2.05, 4.69) is 39.6 Å². The lowest BCUT2D eigenvalue weighted by molar-refractivity contribution is 0.0606. The van der Waals surface area contributed by atoms with Crippen molar-refractivity contribution in [1.29, 1.82) is 0 Å². The molecule has 2 N–H and O–H groups in total. The molecule has 1 saturated heterocycles. The predicted molar refractivity (Wildman–Crippen MR) is 84.2 cm³/mol. The molecule has 112 valence electrons. The Morgan fingerprint density at radius 2 is 2.20 bits per heavy atom. The summed E-state index contributed by atoms with van der Waals surface area (Å²) in [4.78, 5) is 4.84. The largest absolute Gasteiger partial charge is 0.329 e. The summed E-state index contributed by atoms with van der Waals surface area (Å²) in [6, 6.07) is 5.93. The average molecular weight is 344 g/mol. The number of nitrogens with zero attached hydrogens (tertiary/aromatic N) is 2. The van der Waals surface area contributed by atoms with E-state index >= 15 is 0 Å². The maximum absolute atomic E-state index is 13.7. The van der Waals surface area contributed by atoms with Gasteiger partial charge in [-0.3, -0.25) is 9.80 Å². The van der Waals surface area contributed by atoms with Gasteiger partial charge in [0.05, 0.1) is 4.47 Å². The van der Waals surface area contributed by atoms with Crippen LogP contribution in [0.1, 0.15) is 25.5 Å². The van der Waals surface area contributed by atoms with Crippen LogP contribution in [0.3, 0.4) is 0 Å². The molecule has 0 aromatic heterocycles. The summed E-state index contributed by atoms with van der Waals surface area (Å²) in [7, 11) is 0. The first kappa shape index (κ1) is 15.9. The Morgan fingerprint density at radius 1 is 1.45 bits per heavy atom. The predicted octanol–water partition coefficient (Wildman–Crippen LogP) is 2.61. The first-order chi connectivity index (χ1) is 9.56. The van der Waals surface area contributed by atoms with Crippen LogP contribution in [-0.2, 0) is 0 Å². The van der Waals surface area contributed by atoms with E-state index in [9.17, 15) is 4.39 Å². The Balaban J connectivity index is 2.14. The molecule has 1 fully saturated rings. The third-order valence-corrected chi connectivity index (χ3v) is 4.84. The Hall–Kier alpha value is -0.490. The molecule has 2 unspecified atom stereocenters. The molecular formula is C15H23BrFN3. The second-order valence-electron chi connectivity index (χ2n) is 5.40. The van der Waals surface area contributed by atoms with Gasteiger partial charge in [-0.25, -0.2) is 4.39 Å². The van der Waals surface area contributed by atoms with Gasteiger partial charge in [-0.05, 0) is 47.1 Å². The maximum Gasteiger partial charge on any atom is 0.137 e. The number of nitrogens with two attached hydrogens (primary N) is 1. The molecule has 1 aliphatic rings. The minimum absolute atomic E-state index is 0.0963. The molecule has 0 radical (unpaired) electrons. The quantitative estimate of drug-likeness (QED) is 0.911. The van der Waals surface area contributed by atoms with E-state index < -0.39 is 0 Å². The minimum Gasteiger partial charge on any atom is -0.329 e. The van der Waals surface area contributed by atoms with E-state index in [0.717, 1.165) is 31.7 Å². The van der Waals surface area contributed by atoms with E-state index in [1.807, 2.05) is 6.07 Å². The van der Waals surface area contributed by atoms with Crippen LogP contribution in [0.5, 0.6) is 0 Å². The molecule has 0 spiro atoms. The number of benzene rings is 1. The molecule has 1 heterocycles. The van der Waals surface area contributed by atoms with Crippen LogP contribution in [0.25, 0.3) is 0 Å². The van der Waals surface area contributed by atoms with Crippen molar-refractivity contribution in [2.75, 3.05) is 32.7 Å². The standard InChI is InChI=1S/C15H23BrFN3/c1-3-19-6-7-20(10-11(19)2)15(9-18)12-4-5-13(16)14(17)8-12/h4-5,8,11,15H,3,6-7,9-10,18H2,1-2H3. The van der Waals surface area contributed by atoms with Gasteiger partial charge in [0.2, 0.25) is 0 Å². The first-order valence-corrected chi connectivity index (χ1v) is 7.99. The molecule has 0 saturated carbocycles. The second kappa shape index (κ2) is 6.98. The molecule has 1 aromatic rings. The van der Waals surface area contributed by atoms with Gasteiger partial charge in [-0.15, -0.1) is 0 Å². The van der Waals surface area contributed by atoms with Crippen LogP contribution >= 0.6 is 15.9 Å². The smallest absolute Gasteiger partial charge is 0.137 e. The van der Waals surface area contributed by atoms with Crippen molar-refractivity contribution in [2.45, 2.75) is 25.9 Å². The molecule has 0 bridgehead atoms. The normalized spacial score (nSPS) is 22.9. The third kappa shape index (κ3) is 3.39. The van der Waals surface area contributed by atoms with E-state index in [-0.39, 0.29) is 11.9 Å². The topological polar surface area (TPSA) is 32.5 Å². The average Bonchev–Trinajstić information content (AvgIpc) is 2.44. The fourth-order valence-electron chi connectivity index (χ4n) is 2.99. The summed E-state index contributed by atoms with van der Waals surface area (Å²) in [5.41, 5.74) is 6.91. The number of hydrogen-bond acceptors (Lipinski definition) is 3. The molecule has 5 heteroatoms. The van der Waals surface area contributed by atoms with E-state index in [1.165, 1.54) is 0 Å². The SMILES string of the molecule is CCN1CCN(C(CN)c2ccc(Br)c(F)c2)CC1C. The van der Waals surface area contributed by atoms with Gasteiger partial charge in [-0.2, -0.15) is 0 Å². The Labute approximate surface area is 129 Å². The van der Waals surface area contributed by atoms with Crippen molar-refractivity contribution in [2.24, 2.45) is 5.73 Å². The van der Waals surface area contributed by atoms with Crippen molar-refractivity contribution in [1.82, 2.24) is 9.80 Å². The van der Waals surface area contributed by atoms with Crippen molar-refractivity contribution < 1.29 is 4.39 Å². The third-order valence-electron chi connectivity index (χ3n) is 4.20. The lowest BCUT2D eigenvalue weighted by Crippen LogP contribution is -2.53. The Bertz CT molecular complexity index is 455. The summed E-state index contributed by atoms with van der Waals surface area (Å²) in [5.74, 6) is -0.221. The maximum atomic E-state index is 13.7. The van der Waals surface area contributed by atoms with Crippen molar-refractivity contribution >= 4 is 15.9 Å². The number of likely N-dealkylation sites (N-methyl/N-ethyl adjacent to an activating group) is 1. The van der Waals surface area contributed by atoms with Gasteiger partial charge in [0.25, 0.3) is 0 Å². The second-order valence-corrected chi connectivity index (χ2v) is 6.25. The van der Waals surface area contributed by atoms with Crippen LogP contribution < -0.4 is 5.73 Å². The zero-order valence-corrected chi connectivity index (χ0v) is 13.7. The van der Waals surface area contributed by atoms with E-state index in [1.54, 1.807) is 12.1 Å². The van der Waals surface area contributed by atoms with Gasteiger partial charge >= 0.3 is 0 Å². The highest BCUT2D eigenvalue weighted by Crippen LogP contribution is 2.26. The molecular weight excluding hydrogens is 321 g/mol. The van der Waals surface area contributed by atoms with Crippen molar-refractivity contribution in [3.05, 3.63) is 34.1 Å². The summed E-state index contributed by atoms with van der Waals surface area (Å²) in [6.07, 6.45) is 0. The molecule has 1 aromatic carbocycles. The van der Waals surface area contributed by atoms with E-state index in [0.29, 0.717) is 17.1 Å². The number of piperazine rings is 1. The van der Waals surface area contributed by atoms with Crippen LogP contribution in [0.15, 0.2) is 22.7 Å². The van der Waals surface area contributed by atoms with Crippen LogP contribution in [0, 0.1) is 5.82 Å². The highest BCUT2D eigenvalue weighted by Gasteiger charge is 2.28. The van der Waals surface area contributed by atoms with Gasteiger partial charge in [0.15, 0.2) is 0 Å². The molecule has 20 heavy (non-hydrogen) atoms. The summed E-state index contributed by atoms with van der Waals surface area (Å²) < 4.78 is 14.2. The molecule has 0 aliphatic carbocycles. The minimum atomic E-state index is -0.221. The van der Waals surface area contributed by atoms with Crippen LogP contribution in [0.4, 0.5) is 4.39 Å². The molecule has 2 atom stereocenters. The Morgan fingerprint density at radius 3 is 2.75 bits per heavy atom. The fourth-order valence-corrected chi connectivity index (χ4v) is 3.24. The number of halogens is 2. The zero-order valence-electron chi connectivity index (χ0n) is 12.1. The fraction of sp³-hybridized carbons (Fsp3) is 0.600. The molecule has 0 amide bonds. The molecule has 2 rings (SSSR count). The lowest BCUT2D eigenvalue weighted by Gasteiger charge is -2.42. The molecule has 3 nitrogen and oxygen atoms in total. The number of rotatable bonds is 4. The zero-order chi connectivity index (χ0) is 14.7. The van der Waals surface area contributed by atoms with Gasteiger partial charge in [-0.1, -0.05) is 13.0 Å². The summed E-state index contributed by atoms with van der Waals surface area (Å²) in [5, 5.41) is 0. The summed E-state index contributed by atoms with van der Waals surface area (Å²) in [6.45, 7) is 9.04. The lowest BCUT2D eigenvalue weighted by atomic mass is 10.0. The highest BCUT2D eigenvalue weighted by atomic mass is 79.9. The van der Waals surface area contributed by atoms with Crippen LogP contribution in [-0.4, -0.2) is 48.6 Å².